The van der Waals surface area contributed by atoms with Crippen LogP contribution in [0.1, 0.15) is 30.6 Å². The van der Waals surface area contributed by atoms with Gasteiger partial charge < -0.3 is 20.3 Å². The first-order valence-electron chi connectivity index (χ1n) is 8.63. The van der Waals surface area contributed by atoms with Gasteiger partial charge in [-0.2, -0.15) is 0 Å². The minimum absolute atomic E-state index is 0.000572. The number of aliphatic hydroxyl groups is 1. The molecule has 0 radical (unpaired) electrons. The standard InChI is InChI=1S/C21H23NO5/c1-3-14(12-23)10-13(2)4-9-18(25)19-20(26)17(11-22-21(19)27)15-5-7-16(24)8-6-15/h4-11,14,23-24H,3,12H2,1-2H3,(H2,22,26,27)/b9-4+,13-10+/t14-/m1/s1. The molecule has 142 valence electrons. The molecule has 0 fully saturated rings. The van der Waals surface area contributed by atoms with Gasteiger partial charge in [-0.3, -0.25) is 9.59 Å². The second-order valence-electron chi connectivity index (χ2n) is 6.26. The van der Waals surface area contributed by atoms with Crippen LogP contribution in [0.2, 0.25) is 0 Å². The number of pyridine rings is 1. The molecule has 2 aromatic rings. The maximum atomic E-state index is 12.5. The van der Waals surface area contributed by atoms with E-state index in [2.05, 4.69) is 4.98 Å². The summed E-state index contributed by atoms with van der Waals surface area (Å²) in [5, 5.41) is 29.1. The van der Waals surface area contributed by atoms with Crippen LogP contribution in [-0.4, -0.2) is 32.7 Å². The van der Waals surface area contributed by atoms with Crippen LogP contribution in [0.5, 0.6) is 11.5 Å². The third kappa shape index (κ3) is 4.95. The molecule has 1 aromatic heterocycles. The third-order valence-electron chi connectivity index (χ3n) is 4.25. The number of aliphatic hydroxyl groups excluding tert-OH is 1. The predicted octanol–water partition coefficient (Wildman–Crippen LogP) is 3.16. The number of nitrogens with one attached hydrogen (secondary N) is 1. The van der Waals surface area contributed by atoms with Gasteiger partial charge in [0.15, 0.2) is 5.78 Å². The number of hydrogen-bond donors (Lipinski definition) is 4. The topological polar surface area (TPSA) is 111 Å². The highest BCUT2D eigenvalue weighted by Gasteiger charge is 2.18. The Bertz CT molecular complexity index is 919. The first kappa shape index (κ1) is 20.2. The van der Waals surface area contributed by atoms with Crippen molar-refractivity contribution >= 4 is 5.78 Å². The van der Waals surface area contributed by atoms with Gasteiger partial charge >= 0.3 is 0 Å². The van der Waals surface area contributed by atoms with Crippen molar-refractivity contribution in [1.82, 2.24) is 4.98 Å². The molecule has 0 aliphatic carbocycles. The third-order valence-corrected chi connectivity index (χ3v) is 4.25. The Balaban J connectivity index is 2.36. The highest BCUT2D eigenvalue weighted by atomic mass is 16.3. The maximum absolute atomic E-state index is 12.5. The lowest BCUT2D eigenvalue weighted by atomic mass is 10.0. The number of phenols is 1. The van der Waals surface area contributed by atoms with Gasteiger partial charge in [-0.15, -0.1) is 0 Å². The summed E-state index contributed by atoms with van der Waals surface area (Å²) in [6.07, 6.45) is 6.71. The summed E-state index contributed by atoms with van der Waals surface area (Å²) in [6, 6.07) is 6.03. The second kappa shape index (κ2) is 9.00. The Morgan fingerprint density at radius 1 is 1.19 bits per heavy atom. The molecule has 1 atom stereocenters. The molecule has 1 heterocycles. The van der Waals surface area contributed by atoms with Gasteiger partial charge in [-0.1, -0.05) is 36.8 Å². The van der Waals surface area contributed by atoms with E-state index in [1.807, 2.05) is 13.0 Å². The van der Waals surface area contributed by atoms with Crippen LogP contribution in [0.3, 0.4) is 0 Å². The van der Waals surface area contributed by atoms with Crippen molar-refractivity contribution in [2.24, 2.45) is 5.92 Å². The van der Waals surface area contributed by atoms with Gasteiger partial charge in [0.2, 0.25) is 0 Å². The summed E-state index contributed by atoms with van der Waals surface area (Å²) in [4.78, 5) is 27.0. The SMILES string of the molecule is CC[C@H](/C=C(C)/C=C/C(=O)c1c(O)c(-c2ccc(O)cc2)c[nH]c1=O)CO. The number of aromatic hydroxyl groups is 2. The number of H-pyrrole nitrogens is 1. The Morgan fingerprint density at radius 3 is 2.44 bits per heavy atom. The minimum atomic E-state index is -0.687. The molecule has 0 aliphatic rings. The molecule has 0 spiro atoms. The first-order chi connectivity index (χ1) is 12.9. The van der Waals surface area contributed by atoms with Gasteiger partial charge in [-0.05, 0) is 37.1 Å². The van der Waals surface area contributed by atoms with Crippen LogP contribution in [0.25, 0.3) is 11.1 Å². The predicted molar refractivity (Wildman–Crippen MR) is 104 cm³/mol. The number of rotatable bonds is 7. The number of carbonyl (C=O) groups is 1. The molecule has 0 aliphatic heterocycles. The summed E-state index contributed by atoms with van der Waals surface area (Å²) >= 11 is 0. The normalized spacial score (nSPS) is 13.1. The van der Waals surface area contributed by atoms with Gasteiger partial charge in [0.05, 0.1) is 0 Å². The lowest BCUT2D eigenvalue weighted by Crippen LogP contribution is -2.16. The molecule has 0 saturated heterocycles. The van der Waals surface area contributed by atoms with Gasteiger partial charge in [-0.25, -0.2) is 0 Å². The zero-order valence-corrected chi connectivity index (χ0v) is 15.3. The average Bonchev–Trinajstić information content (AvgIpc) is 2.65. The molecule has 1 aromatic carbocycles. The Labute approximate surface area is 157 Å². The van der Waals surface area contributed by atoms with Crippen LogP contribution in [0.15, 0.2) is 59.1 Å². The van der Waals surface area contributed by atoms with E-state index in [1.54, 1.807) is 25.1 Å². The number of allylic oxidation sites excluding steroid dienone is 3. The molecule has 6 nitrogen and oxygen atoms in total. The van der Waals surface area contributed by atoms with E-state index in [9.17, 15) is 24.9 Å². The number of phenolic OH excluding ortho intramolecular Hbond substituents is 1. The fraction of sp³-hybridized carbons (Fsp3) is 0.238. The highest BCUT2D eigenvalue weighted by Crippen LogP contribution is 2.31. The van der Waals surface area contributed by atoms with E-state index < -0.39 is 17.1 Å². The van der Waals surface area contributed by atoms with Crippen LogP contribution in [0.4, 0.5) is 0 Å². The van der Waals surface area contributed by atoms with Gasteiger partial charge in [0.1, 0.15) is 17.1 Å². The van der Waals surface area contributed by atoms with E-state index in [-0.39, 0.29) is 29.4 Å². The molecular weight excluding hydrogens is 346 g/mol. The summed E-state index contributed by atoms with van der Waals surface area (Å²) in [6.45, 7) is 3.76. The summed E-state index contributed by atoms with van der Waals surface area (Å²) in [5.74, 6) is -0.974. The molecule has 6 heteroatoms. The highest BCUT2D eigenvalue weighted by molar-refractivity contribution is 6.07. The number of aromatic amines is 1. The maximum Gasteiger partial charge on any atom is 0.263 e. The molecule has 4 N–H and O–H groups in total. The fourth-order valence-corrected chi connectivity index (χ4v) is 2.63. The van der Waals surface area contributed by atoms with Gasteiger partial charge in [0, 0.05) is 24.3 Å². The second-order valence-corrected chi connectivity index (χ2v) is 6.26. The minimum Gasteiger partial charge on any atom is -0.508 e. The van der Waals surface area contributed by atoms with Crippen molar-refractivity contribution < 1.29 is 20.1 Å². The summed E-state index contributed by atoms with van der Waals surface area (Å²) in [5.41, 5.74) is 0.566. The molecule has 2 rings (SSSR count). The zero-order chi connectivity index (χ0) is 20.0. The van der Waals surface area contributed by atoms with Crippen LogP contribution >= 0.6 is 0 Å². The quantitative estimate of drug-likeness (QED) is 0.340. The monoisotopic (exact) mass is 369 g/mol. The van der Waals surface area contributed by atoms with Crippen LogP contribution in [-0.2, 0) is 0 Å². The average molecular weight is 369 g/mol. The lowest BCUT2D eigenvalue weighted by molar-refractivity contribution is 0.104. The molecule has 0 bridgehead atoms. The van der Waals surface area contributed by atoms with Crippen molar-refractivity contribution in [3.63, 3.8) is 0 Å². The first-order valence-corrected chi connectivity index (χ1v) is 8.63. The largest absolute Gasteiger partial charge is 0.508 e. The van der Waals surface area contributed by atoms with E-state index >= 15 is 0 Å². The summed E-state index contributed by atoms with van der Waals surface area (Å²) in [7, 11) is 0. The van der Waals surface area contributed by atoms with E-state index in [4.69, 9.17) is 0 Å². The summed E-state index contributed by atoms with van der Waals surface area (Å²) < 4.78 is 0. The molecular formula is C21H23NO5. The number of hydrogen-bond acceptors (Lipinski definition) is 5. The van der Waals surface area contributed by atoms with Gasteiger partial charge in [0.25, 0.3) is 5.56 Å². The van der Waals surface area contributed by atoms with E-state index in [0.717, 1.165) is 12.0 Å². The number of aromatic nitrogens is 1. The van der Waals surface area contributed by atoms with Crippen molar-refractivity contribution in [2.45, 2.75) is 20.3 Å². The van der Waals surface area contributed by atoms with Crippen molar-refractivity contribution in [2.75, 3.05) is 6.61 Å². The smallest absolute Gasteiger partial charge is 0.263 e. The molecule has 0 saturated carbocycles. The number of benzene rings is 1. The number of carbonyl (C=O) groups excluding carboxylic acids is 1. The molecule has 0 unspecified atom stereocenters. The Kier molecular flexibility index (Phi) is 6.73. The Hall–Kier alpha value is -3.12. The van der Waals surface area contributed by atoms with E-state index in [0.29, 0.717) is 5.56 Å². The molecule has 27 heavy (non-hydrogen) atoms. The fourth-order valence-electron chi connectivity index (χ4n) is 2.63. The van der Waals surface area contributed by atoms with Crippen molar-refractivity contribution in [1.29, 1.82) is 0 Å². The number of ketones is 1. The molecule has 0 amide bonds. The van der Waals surface area contributed by atoms with E-state index in [1.165, 1.54) is 24.4 Å². The lowest BCUT2D eigenvalue weighted by Gasteiger charge is -2.08. The van der Waals surface area contributed by atoms with Crippen LogP contribution < -0.4 is 5.56 Å². The Morgan fingerprint density at radius 2 is 1.85 bits per heavy atom. The van der Waals surface area contributed by atoms with Crippen molar-refractivity contribution in [3.05, 3.63) is 70.2 Å². The van der Waals surface area contributed by atoms with Crippen molar-refractivity contribution in [3.8, 4) is 22.6 Å². The van der Waals surface area contributed by atoms with Crippen LogP contribution in [0, 0.1) is 5.92 Å². The zero-order valence-electron chi connectivity index (χ0n) is 15.3.